The van der Waals surface area contributed by atoms with E-state index < -0.39 is 23.8 Å². The van der Waals surface area contributed by atoms with Crippen LogP contribution in [0, 0.1) is 9.39 Å². The van der Waals surface area contributed by atoms with Crippen molar-refractivity contribution in [3.8, 4) is 5.75 Å². The van der Waals surface area contributed by atoms with E-state index in [4.69, 9.17) is 15.6 Å². The van der Waals surface area contributed by atoms with E-state index in [1.54, 1.807) is 22.6 Å². The molecular weight excluding hydrogens is 384 g/mol. The second kappa shape index (κ2) is 6.84. The maximum absolute atomic E-state index is 13.8. The smallest absolute Gasteiger partial charge is 0.340 e. The molecule has 0 saturated carbocycles. The van der Waals surface area contributed by atoms with Gasteiger partial charge in [-0.25, -0.2) is 9.18 Å². The van der Waals surface area contributed by atoms with Crippen molar-refractivity contribution in [1.82, 2.24) is 0 Å². The molecule has 20 heavy (non-hydrogen) atoms. The summed E-state index contributed by atoms with van der Waals surface area (Å²) in [5.74, 6) is -2.72. The number of carboxylic acids is 1. The van der Waals surface area contributed by atoms with Gasteiger partial charge in [-0.2, -0.15) is 0 Å². The summed E-state index contributed by atoms with van der Waals surface area (Å²) in [6, 6.07) is 0.0746. The number of benzene rings is 1. The summed E-state index contributed by atoms with van der Waals surface area (Å²) in [5, 5.41) is 9.14. The van der Waals surface area contributed by atoms with Crippen molar-refractivity contribution in [2.75, 3.05) is 14.2 Å². The van der Waals surface area contributed by atoms with Gasteiger partial charge in [0.15, 0.2) is 0 Å². The van der Waals surface area contributed by atoms with Crippen molar-refractivity contribution in [3.63, 3.8) is 0 Å². The third-order valence-corrected chi connectivity index (χ3v) is 3.67. The standard InChI is InChI=1S/C12H13FINO5/c1-19-10-5(4-7(15)12(18)20-2)3-6(13)9(14)8(10)11(16)17/h3,7H,4,15H2,1-2H3,(H,16,17). The lowest BCUT2D eigenvalue weighted by molar-refractivity contribution is -0.142. The minimum absolute atomic E-state index is 0.0114. The summed E-state index contributed by atoms with van der Waals surface area (Å²) < 4.78 is 23.2. The molecule has 1 unspecified atom stereocenters. The summed E-state index contributed by atoms with van der Waals surface area (Å²) >= 11 is 1.58. The Balaban J connectivity index is 3.33. The minimum Gasteiger partial charge on any atom is -0.496 e. The summed E-state index contributed by atoms with van der Waals surface area (Å²) in [7, 11) is 2.44. The SMILES string of the molecule is COC(=O)C(N)Cc1cc(F)c(I)c(C(=O)O)c1OC. The highest BCUT2D eigenvalue weighted by Gasteiger charge is 2.25. The number of hydrogen-bond acceptors (Lipinski definition) is 5. The molecule has 0 aliphatic rings. The fourth-order valence-electron chi connectivity index (χ4n) is 1.71. The molecule has 6 nitrogen and oxygen atoms in total. The topological polar surface area (TPSA) is 98.9 Å². The number of halogens is 2. The highest BCUT2D eigenvalue weighted by molar-refractivity contribution is 14.1. The second-order valence-electron chi connectivity index (χ2n) is 3.88. The van der Waals surface area contributed by atoms with Gasteiger partial charge >= 0.3 is 11.9 Å². The Kier molecular flexibility index (Phi) is 5.69. The van der Waals surface area contributed by atoms with Crippen molar-refractivity contribution in [2.45, 2.75) is 12.5 Å². The van der Waals surface area contributed by atoms with E-state index in [-0.39, 0.29) is 26.9 Å². The zero-order chi connectivity index (χ0) is 15.4. The van der Waals surface area contributed by atoms with Crippen molar-refractivity contribution in [3.05, 3.63) is 26.6 Å². The fraction of sp³-hybridized carbons (Fsp3) is 0.333. The largest absolute Gasteiger partial charge is 0.496 e. The van der Waals surface area contributed by atoms with Gasteiger partial charge in [0.05, 0.1) is 17.8 Å². The Morgan fingerprint density at radius 1 is 1.50 bits per heavy atom. The van der Waals surface area contributed by atoms with Crippen molar-refractivity contribution in [2.24, 2.45) is 5.73 Å². The number of carbonyl (C=O) groups excluding carboxylic acids is 1. The highest BCUT2D eigenvalue weighted by Crippen LogP contribution is 2.31. The Labute approximate surface area is 128 Å². The first-order valence-electron chi connectivity index (χ1n) is 5.45. The lowest BCUT2D eigenvalue weighted by atomic mass is 10.0. The number of ether oxygens (including phenoxy) is 2. The first kappa shape index (κ1) is 16.6. The first-order chi connectivity index (χ1) is 9.33. The van der Waals surface area contributed by atoms with Crippen molar-refractivity contribution < 1.29 is 28.6 Å². The number of hydrogen-bond donors (Lipinski definition) is 2. The number of carboxylic acid groups (broad SMARTS) is 1. The highest BCUT2D eigenvalue weighted by atomic mass is 127. The van der Waals surface area contributed by atoms with Crippen LogP contribution in [0.2, 0.25) is 0 Å². The lowest BCUT2D eigenvalue weighted by Gasteiger charge is -2.16. The van der Waals surface area contributed by atoms with Crippen LogP contribution in [0.25, 0.3) is 0 Å². The summed E-state index contributed by atoms with van der Waals surface area (Å²) in [6.45, 7) is 0. The van der Waals surface area contributed by atoms with Crippen LogP contribution in [0.5, 0.6) is 5.75 Å². The van der Waals surface area contributed by atoms with Gasteiger partial charge in [0.2, 0.25) is 0 Å². The van der Waals surface area contributed by atoms with Crippen LogP contribution < -0.4 is 10.5 Å². The summed E-state index contributed by atoms with van der Waals surface area (Å²) in [5.41, 5.74) is 5.50. The van der Waals surface area contributed by atoms with Gasteiger partial charge in [0.25, 0.3) is 0 Å². The normalized spacial score (nSPS) is 11.8. The van der Waals surface area contributed by atoms with Crippen LogP contribution in [0.15, 0.2) is 6.07 Å². The molecule has 0 bridgehead atoms. The van der Waals surface area contributed by atoms with E-state index in [1.807, 2.05) is 0 Å². The molecule has 1 aromatic rings. The Bertz CT molecular complexity index is 549. The zero-order valence-corrected chi connectivity index (χ0v) is 12.9. The molecule has 0 heterocycles. The first-order valence-corrected chi connectivity index (χ1v) is 6.52. The van der Waals surface area contributed by atoms with E-state index in [2.05, 4.69) is 4.74 Å². The molecule has 0 saturated heterocycles. The third-order valence-electron chi connectivity index (χ3n) is 2.61. The predicted molar refractivity (Wildman–Crippen MR) is 76.3 cm³/mol. The van der Waals surface area contributed by atoms with Gasteiger partial charge in [-0.1, -0.05) is 0 Å². The molecule has 0 aliphatic heterocycles. The summed E-state index contributed by atoms with van der Waals surface area (Å²) in [6.07, 6.45) is -0.0933. The van der Waals surface area contributed by atoms with Crippen LogP contribution in [-0.4, -0.2) is 37.3 Å². The number of rotatable bonds is 5. The van der Waals surface area contributed by atoms with Gasteiger partial charge in [-0.15, -0.1) is 0 Å². The number of esters is 1. The molecule has 0 aliphatic carbocycles. The van der Waals surface area contributed by atoms with Crippen molar-refractivity contribution in [1.29, 1.82) is 0 Å². The van der Waals surface area contributed by atoms with Gasteiger partial charge in [0.1, 0.15) is 23.2 Å². The predicted octanol–water partition coefficient (Wildman–Crippen LogP) is 1.18. The second-order valence-corrected chi connectivity index (χ2v) is 4.96. The number of aromatic carboxylic acids is 1. The number of nitrogens with two attached hydrogens (primary N) is 1. The lowest BCUT2D eigenvalue weighted by Crippen LogP contribution is -2.34. The Morgan fingerprint density at radius 2 is 2.10 bits per heavy atom. The molecule has 110 valence electrons. The molecule has 1 atom stereocenters. The molecule has 0 amide bonds. The fourth-order valence-corrected chi connectivity index (χ4v) is 2.34. The third kappa shape index (κ3) is 3.37. The van der Waals surface area contributed by atoms with E-state index in [1.165, 1.54) is 14.2 Å². The summed E-state index contributed by atoms with van der Waals surface area (Å²) in [4.78, 5) is 22.5. The molecule has 0 aromatic heterocycles. The van der Waals surface area contributed by atoms with E-state index in [0.717, 1.165) is 6.07 Å². The van der Waals surface area contributed by atoms with E-state index in [9.17, 15) is 14.0 Å². The molecule has 8 heteroatoms. The Morgan fingerprint density at radius 3 is 2.55 bits per heavy atom. The van der Waals surface area contributed by atoms with Gasteiger partial charge in [-0.05, 0) is 28.7 Å². The van der Waals surface area contributed by atoms with Crippen LogP contribution >= 0.6 is 22.6 Å². The van der Waals surface area contributed by atoms with Crippen LogP contribution in [-0.2, 0) is 16.0 Å². The number of methoxy groups -OCH3 is 2. The number of carbonyl (C=O) groups is 2. The van der Waals surface area contributed by atoms with Gasteiger partial charge in [0, 0.05) is 12.0 Å². The maximum atomic E-state index is 13.8. The zero-order valence-electron chi connectivity index (χ0n) is 10.8. The average molecular weight is 397 g/mol. The molecule has 0 spiro atoms. The van der Waals surface area contributed by atoms with Crippen LogP contribution in [0.3, 0.4) is 0 Å². The molecule has 3 N–H and O–H groups in total. The van der Waals surface area contributed by atoms with Crippen LogP contribution in [0.4, 0.5) is 4.39 Å². The van der Waals surface area contributed by atoms with Crippen LogP contribution in [0.1, 0.15) is 15.9 Å². The van der Waals surface area contributed by atoms with Gasteiger partial charge in [-0.3, -0.25) is 4.79 Å². The molecular formula is C12H13FINO5. The molecule has 0 radical (unpaired) electrons. The molecule has 1 rings (SSSR count). The van der Waals surface area contributed by atoms with Gasteiger partial charge < -0.3 is 20.3 Å². The molecule has 1 aromatic carbocycles. The quantitative estimate of drug-likeness (QED) is 0.572. The maximum Gasteiger partial charge on any atom is 0.340 e. The van der Waals surface area contributed by atoms with E-state index >= 15 is 0 Å². The van der Waals surface area contributed by atoms with Crippen molar-refractivity contribution >= 4 is 34.5 Å². The van der Waals surface area contributed by atoms with E-state index in [0.29, 0.717) is 0 Å². The molecule has 0 fully saturated rings. The Hall–Kier alpha value is -1.42. The monoisotopic (exact) mass is 397 g/mol. The minimum atomic E-state index is -1.32. The average Bonchev–Trinajstić information content (AvgIpc) is 2.40.